The van der Waals surface area contributed by atoms with Crippen LogP contribution in [0.2, 0.25) is 0 Å². The Bertz CT molecular complexity index is 1020. The molecule has 1 saturated carbocycles. The van der Waals surface area contributed by atoms with E-state index < -0.39 is 5.92 Å². The van der Waals surface area contributed by atoms with E-state index in [4.69, 9.17) is 4.74 Å². The van der Waals surface area contributed by atoms with Crippen LogP contribution in [0.25, 0.3) is 12.2 Å². The second kappa shape index (κ2) is 9.41. The molecule has 1 unspecified atom stereocenters. The Morgan fingerprint density at radius 2 is 1.87 bits per heavy atom. The Hall–Kier alpha value is -3.38. The Kier molecular flexibility index (Phi) is 6.69. The zero-order chi connectivity index (χ0) is 21.7. The van der Waals surface area contributed by atoms with Crippen molar-refractivity contribution in [2.24, 2.45) is 5.92 Å². The minimum atomic E-state index is -0.727. The number of benzene rings is 2. The van der Waals surface area contributed by atoms with Crippen LogP contribution in [0.4, 0.5) is 0 Å². The molecular weight excluding hydrogens is 384 g/mol. The van der Waals surface area contributed by atoms with Crippen LogP contribution in [0, 0.1) is 5.92 Å². The highest BCUT2D eigenvalue weighted by molar-refractivity contribution is 6.16. The lowest BCUT2D eigenvalue weighted by Gasteiger charge is -2.21. The van der Waals surface area contributed by atoms with Crippen LogP contribution in [0.3, 0.4) is 0 Å². The summed E-state index contributed by atoms with van der Waals surface area (Å²) < 4.78 is 5.06. The first-order valence-electron chi connectivity index (χ1n) is 9.69. The molecule has 0 spiro atoms. The number of methoxy groups -OCH3 is 1. The van der Waals surface area contributed by atoms with Gasteiger partial charge in [0.05, 0.1) is 19.6 Å². The molecule has 1 aliphatic rings. The number of ketones is 2. The van der Waals surface area contributed by atoms with Crippen LogP contribution in [0.1, 0.15) is 36.0 Å². The monoisotopic (exact) mass is 408 g/mol. The number of Topliss-reactive ketones (excluding diaryl/α,β-unsaturated/α-hetero) is 1. The van der Waals surface area contributed by atoms with Gasteiger partial charge in [-0.25, -0.2) is 0 Å². The zero-order valence-corrected chi connectivity index (χ0v) is 16.7. The number of rotatable bonds is 6. The van der Waals surface area contributed by atoms with Crippen molar-refractivity contribution >= 4 is 23.7 Å². The second-order valence-corrected chi connectivity index (χ2v) is 7.19. The maximum absolute atomic E-state index is 12.9. The van der Waals surface area contributed by atoms with Gasteiger partial charge >= 0.3 is 0 Å². The van der Waals surface area contributed by atoms with Gasteiger partial charge in [-0.3, -0.25) is 9.59 Å². The standard InChI is InChI=1S/C24H24O6/c1-30-23-13-15(6-10-22(23)28)5-9-21(27)19-4-2-3-17(24(19)29)11-16-7-8-20(26)18(12-16)14-25/h5-13,19,25-26,28H,2-4,14H2,1H3/b9-5+,17-11+. The summed E-state index contributed by atoms with van der Waals surface area (Å²) in [6.07, 6.45) is 6.51. The smallest absolute Gasteiger partial charge is 0.169 e. The predicted octanol–water partition coefficient (Wildman–Crippen LogP) is 3.63. The largest absolute Gasteiger partial charge is 0.508 e. The number of carbonyl (C=O) groups excluding carboxylic acids is 2. The highest BCUT2D eigenvalue weighted by Crippen LogP contribution is 2.30. The van der Waals surface area contributed by atoms with E-state index in [1.807, 2.05) is 0 Å². The summed E-state index contributed by atoms with van der Waals surface area (Å²) in [4.78, 5) is 25.5. The summed E-state index contributed by atoms with van der Waals surface area (Å²) in [6, 6.07) is 9.50. The van der Waals surface area contributed by atoms with Crippen molar-refractivity contribution in [3.8, 4) is 17.2 Å². The van der Waals surface area contributed by atoms with Crippen LogP contribution in [0.15, 0.2) is 48.0 Å². The summed E-state index contributed by atoms with van der Waals surface area (Å²) in [7, 11) is 1.44. The average Bonchev–Trinajstić information content (AvgIpc) is 2.75. The number of aliphatic hydroxyl groups is 1. The van der Waals surface area contributed by atoms with Gasteiger partial charge in [0.2, 0.25) is 0 Å². The quantitative estimate of drug-likeness (QED) is 0.498. The second-order valence-electron chi connectivity index (χ2n) is 7.19. The minimum absolute atomic E-state index is 0.00123. The van der Waals surface area contributed by atoms with Crippen molar-refractivity contribution in [1.29, 1.82) is 0 Å². The van der Waals surface area contributed by atoms with Crippen molar-refractivity contribution in [3.05, 3.63) is 64.7 Å². The molecule has 30 heavy (non-hydrogen) atoms. The molecule has 1 aliphatic carbocycles. The van der Waals surface area contributed by atoms with Crippen LogP contribution in [-0.2, 0) is 16.2 Å². The molecule has 6 heteroatoms. The fourth-order valence-corrected chi connectivity index (χ4v) is 3.50. The van der Waals surface area contributed by atoms with E-state index in [1.165, 1.54) is 25.3 Å². The lowest BCUT2D eigenvalue weighted by Crippen LogP contribution is -2.27. The zero-order valence-electron chi connectivity index (χ0n) is 16.7. The molecule has 2 aromatic carbocycles. The molecule has 1 fully saturated rings. The third kappa shape index (κ3) is 4.78. The molecular formula is C24H24O6. The first-order chi connectivity index (χ1) is 14.4. The van der Waals surface area contributed by atoms with Crippen LogP contribution >= 0.6 is 0 Å². The summed E-state index contributed by atoms with van der Waals surface area (Å²) >= 11 is 0. The van der Waals surface area contributed by atoms with Crippen molar-refractivity contribution in [2.75, 3.05) is 7.11 Å². The lowest BCUT2D eigenvalue weighted by atomic mass is 9.81. The van der Waals surface area contributed by atoms with E-state index >= 15 is 0 Å². The van der Waals surface area contributed by atoms with E-state index in [0.29, 0.717) is 40.9 Å². The molecule has 0 saturated heterocycles. The molecule has 3 N–H and O–H groups in total. The number of aliphatic hydroxyl groups excluding tert-OH is 1. The summed E-state index contributed by atoms with van der Waals surface area (Å²) in [5.41, 5.74) is 2.32. The van der Waals surface area contributed by atoms with Crippen LogP contribution in [-0.4, -0.2) is 34.0 Å². The maximum Gasteiger partial charge on any atom is 0.169 e. The molecule has 0 aromatic heterocycles. The van der Waals surface area contributed by atoms with Gasteiger partial charge in [0.15, 0.2) is 23.1 Å². The van der Waals surface area contributed by atoms with E-state index in [1.54, 1.807) is 36.4 Å². The van der Waals surface area contributed by atoms with Gasteiger partial charge in [-0.1, -0.05) is 18.2 Å². The number of allylic oxidation sites excluding steroid dienone is 2. The van der Waals surface area contributed by atoms with Crippen LogP contribution in [0.5, 0.6) is 17.2 Å². The molecule has 0 bridgehead atoms. The van der Waals surface area contributed by atoms with Gasteiger partial charge in [-0.05, 0) is 72.4 Å². The lowest BCUT2D eigenvalue weighted by molar-refractivity contribution is -0.129. The van der Waals surface area contributed by atoms with Gasteiger partial charge in [0.1, 0.15) is 5.75 Å². The third-order valence-corrected chi connectivity index (χ3v) is 5.17. The summed E-state index contributed by atoms with van der Waals surface area (Å²) in [5, 5.41) is 28.6. The normalized spacial score (nSPS) is 18.1. The van der Waals surface area contributed by atoms with E-state index in [0.717, 1.165) is 6.42 Å². The molecule has 2 aromatic rings. The molecule has 0 amide bonds. The highest BCUT2D eigenvalue weighted by atomic mass is 16.5. The van der Waals surface area contributed by atoms with Crippen molar-refractivity contribution in [2.45, 2.75) is 25.9 Å². The maximum atomic E-state index is 12.9. The third-order valence-electron chi connectivity index (χ3n) is 5.17. The van der Waals surface area contributed by atoms with Gasteiger partial charge in [0.25, 0.3) is 0 Å². The molecule has 1 atom stereocenters. The van der Waals surface area contributed by atoms with Gasteiger partial charge < -0.3 is 20.1 Å². The number of hydrogen-bond donors (Lipinski definition) is 3. The summed E-state index contributed by atoms with van der Waals surface area (Å²) in [5.74, 6) is -0.873. The van der Waals surface area contributed by atoms with E-state index in [9.17, 15) is 24.9 Å². The van der Waals surface area contributed by atoms with Crippen molar-refractivity contribution in [3.63, 3.8) is 0 Å². The topological polar surface area (TPSA) is 104 Å². The Morgan fingerprint density at radius 1 is 1.13 bits per heavy atom. The number of phenols is 2. The fraction of sp³-hybridized carbons (Fsp3) is 0.250. The van der Waals surface area contributed by atoms with E-state index in [2.05, 4.69) is 0 Å². The van der Waals surface area contributed by atoms with Gasteiger partial charge in [0, 0.05) is 5.56 Å². The molecule has 0 heterocycles. The number of carbonyl (C=O) groups is 2. The molecule has 0 radical (unpaired) electrons. The molecule has 6 nitrogen and oxygen atoms in total. The average molecular weight is 408 g/mol. The molecule has 0 aliphatic heterocycles. The molecule has 156 valence electrons. The van der Waals surface area contributed by atoms with E-state index in [-0.39, 0.29) is 29.7 Å². The number of hydrogen-bond acceptors (Lipinski definition) is 6. The summed E-state index contributed by atoms with van der Waals surface area (Å²) in [6.45, 7) is -0.301. The van der Waals surface area contributed by atoms with Gasteiger partial charge in [-0.2, -0.15) is 0 Å². The number of phenolic OH excluding ortho intramolecular Hbond substituents is 1. The first kappa shape index (κ1) is 21.3. The van der Waals surface area contributed by atoms with Gasteiger partial charge in [-0.15, -0.1) is 0 Å². The van der Waals surface area contributed by atoms with Crippen molar-refractivity contribution < 1.29 is 29.6 Å². The first-order valence-corrected chi connectivity index (χ1v) is 9.69. The Labute approximate surface area is 174 Å². The highest BCUT2D eigenvalue weighted by Gasteiger charge is 2.30. The fourth-order valence-electron chi connectivity index (χ4n) is 3.50. The minimum Gasteiger partial charge on any atom is -0.508 e. The molecule has 3 rings (SSSR count). The SMILES string of the molecule is COc1cc(/C=C/C(=O)C2CCC/C(=C\c3ccc(O)c(CO)c3)C2=O)ccc1O. The Balaban J connectivity index is 1.77. The number of ether oxygens (including phenoxy) is 1. The predicted molar refractivity (Wildman–Crippen MR) is 113 cm³/mol. The van der Waals surface area contributed by atoms with Crippen LogP contribution < -0.4 is 4.74 Å². The number of aromatic hydroxyl groups is 2. The van der Waals surface area contributed by atoms with Crippen molar-refractivity contribution in [1.82, 2.24) is 0 Å². The Morgan fingerprint density at radius 3 is 2.60 bits per heavy atom.